The van der Waals surface area contributed by atoms with Crippen LogP contribution in [0.2, 0.25) is 0 Å². The van der Waals surface area contributed by atoms with Gasteiger partial charge in [-0.15, -0.1) is 0 Å². The quantitative estimate of drug-likeness (QED) is 0.511. The van der Waals surface area contributed by atoms with E-state index in [1.807, 2.05) is 0 Å². The molecule has 0 heterocycles. The van der Waals surface area contributed by atoms with E-state index in [-0.39, 0.29) is 82.4 Å². The number of rotatable bonds is 0. The summed E-state index contributed by atoms with van der Waals surface area (Å²) in [6.07, 6.45) is 0. The molecule has 0 rings (SSSR count). The van der Waals surface area contributed by atoms with Crippen molar-refractivity contribution in [1.82, 2.24) is 0 Å². The zero-order chi connectivity index (χ0) is 0. The Morgan fingerprint density at radius 3 is 1.00 bits per heavy atom. The SMILES string of the molecule is [Mo].[Pt].[Ti].[V]. The van der Waals surface area contributed by atoms with Crippen molar-refractivity contribution >= 4 is 0 Å². The van der Waals surface area contributed by atoms with Gasteiger partial charge in [0.1, 0.15) is 0 Å². The molecule has 0 fully saturated rings. The van der Waals surface area contributed by atoms with E-state index in [1.54, 1.807) is 0 Å². The summed E-state index contributed by atoms with van der Waals surface area (Å²) < 4.78 is 0. The maximum atomic E-state index is 0. The van der Waals surface area contributed by atoms with Crippen LogP contribution in [0.5, 0.6) is 0 Å². The van der Waals surface area contributed by atoms with Crippen LogP contribution >= 0.6 is 0 Å². The van der Waals surface area contributed by atoms with Crippen LogP contribution in [0, 0.1) is 0 Å². The minimum atomic E-state index is 0. The molecule has 0 amide bonds. The molecule has 0 aliphatic heterocycles. The summed E-state index contributed by atoms with van der Waals surface area (Å²) in [5.41, 5.74) is 0. The van der Waals surface area contributed by atoms with Crippen molar-refractivity contribution in [3.8, 4) is 0 Å². The molecular formula is MoPtTiV. The van der Waals surface area contributed by atoms with Crippen LogP contribution < -0.4 is 0 Å². The molecule has 0 spiro atoms. The zero-order valence-corrected chi connectivity index (χ0v) is 8.91. The Labute approximate surface area is 81.2 Å². The fraction of sp³-hybridized carbons (Fsp3) is 0. The Morgan fingerprint density at radius 2 is 1.00 bits per heavy atom. The Morgan fingerprint density at radius 1 is 1.00 bits per heavy atom. The number of hydrogen-bond donors (Lipinski definition) is 0. The standard InChI is InChI=1S/Mo.Pt.Ti.V. The van der Waals surface area contributed by atoms with E-state index in [9.17, 15) is 0 Å². The van der Waals surface area contributed by atoms with Crippen molar-refractivity contribution in [3.63, 3.8) is 0 Å². The third kappa shape index (κ3) is 8.82. The molecule has 4 heteroatoms. The smallest absolute Gasteiger partial charge is 0 e. The van der Waals surface area contributed by atoms with Crippen LogP contribution in [0.15, 0.2) is 0 Å². The van der Waals surface area contributed by atoms with Crippen molar-refractivity contribution in [1.29, 1.82) is 0 Å². The molecule has 25 valence electrons. The predicted octanol–water partition coefficient (Wildman–Crippen LogP) is -0.0100. The Bertz CT molecular complexity index is 8.00. The second-order valence-electron chi connectivity index (χ2n) is 0. The summed E-state index contributed by atoms with van der Waals surface area (Å²) in [6, 6.07) is 0. The first-order valence-electron chi connectivity index (χ1n) is 0. The molecular weight excluding hydrogens is 390 g/mol. The molecule has 0 unspecified atom stereocenters. The van der Waals surface area contributed by atoms with E-state index in [4.69, 9.17) is 0 Å². The van der Waals surface area contributed by atoms with Crippen molar-refractivity contribution in [2.24, 2.45) is 0 Å². The van der Waals surface area contributed by atoms with E-state index in [0.717, 1.165) is 0 Å². The van der Waals surface area contributed by atoms with Gasteiger partial charge in [0, 0.05) is 82.4 Å². The molecule has 0 saturated heterocycles. The topological polar surface area (TPSA) is 0 Å². The van der Waals surface area contributed by atoms with E-state index < -0.39 is 0 Å². The molecule has 0 atom stereocenters. The van der Waals surface area contributed by atoms with Gasteiger partial charge in [-0.2, -0.15) is 0 Å². The normalized spacial score (nSPS) is 0. The van der Waals surface area contributed by atoms with E-state index >= 15 is 0 Å². The van der Waals surface area contributed by atoms with Crippen LogP contribution in [0.25, 0.3) is 0 Å². The molecule has 0 N–H and O–H groups in total. The summed E-state index contributed by atoms with van der Waals surface area (Å²) in [6.45, 7) is 0. The van der Waals surface area contributed by atoms with E-state index in [0.29, 0.717) is 0 Å². The summed E-state index contributed by atoms with van der Waals surface area (Å²) in [5, 5.41) is 0. The van der Waals surface area contributed by atoms with Gasteiger partial charge in [-0.25, -0.2) is 0 Å². The average molecular weight is 390 g/mol. The third-order valence-corrected chi connectivity index (χ3v) is 0. The summed E-state index contributed by atoms with van der Waals surface area (Å²) in [7, 11) is 0. The van der Waals surface area contributed by atoms with Crippen molar-refractivity contribution < 1.29 is 82.4 Å². The largest absolute Gasteiger partial charge is 0 e. The monoisotopic (exact) mass is 392 g/mol. The molecule has 0 saturated carbocycles. The minimum Gasteiger partial charge on any atom is 0 e. The average Bonchev–Trinajstić information content (AvgIpc) is 0. The van der Waals surface area contributed by atoms with Crippen molar-refractivity contribution in [2.75, 3.05) is 0 Å². The maximum Gasteiger partial charge on any atom is 0 e. The predicted molar refractivity (Wildman–Crippen MR) is 0 cm³/mol. The van der Waals surface area contributed by atoms with Crippen molar-refractivity contribution in [3.05, 3.63) is 0 Å². The molecule has 0 bridgehead atoms. The van der Waals surface area contributed by atoms with Gasteiger partial charge in [0.2, 0.25) is 0 Å². The Kier molecular flexibility index (Phi) is 130. The fourth-order valence-corrected chi connectivity index (χ4v) is 0. The third-order valence-electron chi connectivity index (χ3n) is 0. The van der Waals surface area contributed by atoms with Gasteiger partial charge < -0.3 is 0 Å². The van der Waals surface area contributed by atoms with Gasteiger partial charge in [0.25, 0.3) is 0 Å². The van der Waals surface area contributed by atoms with Gasteiger partial charge in [0.15, 0.2) is 0 Å². The van der Waals surface area contributed by atoms with Gasteiger partial charge in [-0.05, 0) is 0 Å². The minimum absolute atomic E-state index is 0. The van der Waals surface area contributed by atoms with Crippen LogP contribution in [0.4, 0.5) is 0 Å². The van der Waals surface area contributed by atoms with Crippen LogP contribution in [0.1, 0.15) is 0 Å². The first-order valence-corrected chi connectivity index (χ1v) is 0. The summed E-state index contributed by atoms with van der Waals surface area (Å²) in [4.78, 5) is 0. The van der Waals surface area contributed by atoms with Crippen molar-refractivity contribution in [2.45, 2.75) is 0 Å². The molecule has 0 aromatic rings. The first-order chi connectivity index (χ1) is 0. The summed E-state index contributed by atoms with van der Waals surface area (Å²) >= 11 is 0. The van der Waals surface area contributed by atoms with Gasteiger partial charge in [0.05, 0.1) is 0 Å². The maximum absolute atomic E-state index is 0. The van der Waals surface area contributed by atoms with Crippen LogP contribution in [-0.2, 0) is 82.4 Å². The fourth-order valence-electron chi connectivity index (χ4n) is 0. The Hall–Kier alpha value is 2.68. The molecule has 0 aliphatic rings. The Balaban J connectivity index is 0. The van der Waals surface area contributed by atoms with Gasteiger partial charge >= 0.3 is 0 Å². The van der Waals surface area contributed by atoms with Gasteiger partial charge in [-0.3, -0.25) is 0 Å². The van der Waals surface area contributed by atoms with Gasteiger partial charge in [-0.1, -0.05) is 0 Å². The van der Waals surface area contributed by atoms with E-state index in [2.05, 4.69) is 0 Å². The number of hydrogen-bond acceptors (Lipinski definition) is 0. The zero-order valence-electron chi connectivity index (χ0n) is 1.67. The molecule has 0 nitrogen and oxygen atoms in total. The molecule has 1 radical (unpaired) electrons. The molecule has 0 aliphatic carbocycles. The molecule has 0 aromatic carbocycles. The second kappa shape index (κ2) is 17.3. The summed E-state index contributed by atoms with van der Waals surface area (Å²) in [5.74, 6) is 0. The van der Waals surface area contributed by atoms with E-state index in [1.165, 1.54) is 0 Å². The van der Waals surface area contributed by atoms with Crippen LogP contribution in [-0.4, -0.2) is 0 Å². The molecule has 4 heavy (non-hydrogen) atoms. The first kappa shape index (κ1) is 30.0. The second-order valence-corrected chi connectivity index (χ2v) is 0. The van der Waals surface area contributed by atoms with Crippen LogP contribution in [0.3, 0.4) is 0 Å². The molecule has 0 aromatic heterocycles.